The van der Waals surface area contributed by atoms with Crippen LogP contribution in [0.15, 0.2) is 0 Å². The van der Waals surface area contributed by atoms with Gasteiger partial charge in [-0.25, -0.2) is 15.0 Å². The number of ether oxygens (including phenoxy) is 2. The van der Waals surface area contributed by atoms with Crippen molar-refractivity contribution < 1.29 is 19.1 Å². The van der Waals surface area contributed by atoms with Gasteiger partial charge >= 0.3 is 12.2 Å². The standard InChI is InChI=1S/C18H32N4O4/c1-11(2)21-13(4)14(12(3)19-21)22(16(24)26-18(8,9)10)20-15(23)25-17(5,6)7/h11H,1-10H3,(H,20,23). The maximum absolute atomic E-state index is 12.7. The summed E-state index contributed by atoms with van der Waals surface area (Å²) in [5, 5.41) is 5.53. The lowest BCUT2D eigenvalue weighted by Gasteiger charge is -2.29. The Hall–Kier alpha value is -2.25. The Balaban J connectivity index is 3.29. The first-order valence-electron chi connectivity index (χ1n) is 8.71. The number of carbonyl (C=O) groups excluding carboxylic acids is 2. The van der Waals surface area contributed by atoms with Crippen LogP contribution < -0.4 is 10.4 Å². The monoisotopic (exact) mass is 368 g/mol. The number of nitrogens with one attached hydrogen (secondary N) is 1. The zero-order valence-corrected chi connectivity index (χ0v) is 17.6. The molecule has 0 aliphatic heterocycles. The molecule has 0 aliphatic carbocycles. The van der Waals surface area contributed by atoms with Crippen LogP contribution in [-0.4, -0.2) is 33.2 Å². The molecule has 2 amide bonds. The van der Waals surface area contributed by atoms with E-state index < -0.39 is 23.4 Å². The van der Waals surface area contributed by atoms with E-state index in [0.717, 1.165) is 10.7 Å². The molecule has 1 heterocycles. The summed E-state index contributed by atoms with van der Waals surface area (Å²) in [4.78, 5) is 25.0. The Morgan fingerprint density at radius 3 is 1.92 bits per heavy atom. The SMILES string of the molecule is Cc1nn(C(C)C)c(C)c1N(NC(=O)OC(C)(C)C)C(=O)OC(C)(C)C. The van der Waals surface area contributed by atoms with Gasteiger partial charge in [0.25, 0.3) is 0 Å². The second-order valence-corrected chi connectivity index (χ2v) is 8.49. The fourth-order valence-electron chi connectivity index (χ4n) is 2.37. The van der Waals surface area contributed by atoms with Crippen LogP contribution in [0.3, 0.4) is 0 Å². The van der Waals surface area contributed by atoms with E-state index in [2.05, 4.69) is 10.5 Å². The summed E-state index contributed by atoms with van der Waals surface area (Å²) >= 11 is 0. The fraction of sp³-hybridized carbons (Fsp3) is 0.722. The third-order valence-corrected chi connectivity index (χ3v) is 3.18. The number of anilines is 1. The van der Waals surface area contributed by atoms with E-state index in [1.165, 1.54) is 0 Å². The van der Waals surface area contributed by atoms with Crippen molar-refractivity contribution in [3.63, 3.8) is 0 Å². The highest BCUT2D eigenvalue weighted by Crippen LogP contribution is 2.27. The van der Waals surface area contributed by atoms with Crippen molar-refractivity contribution in [2.24, 2.45) is 0 Å². The number of aromatic nitrogens is 2. The highest BCUT2D eigenvalue weighted by molar-refractivity contribution is 5.92. The second-order valence-electron chi connectivity index (χ2n) is 8.49. The normalized spacial score (nSPS) is 12.1. The Morgan fingerprint density at radius 1 is 1.04 bits per heavy atom. The molecule has 1 aromatic heterocycles. The van der Waals surface area contributed by atoms with Crippen molar-refractivity contribution in [1.29, 1.82) is 0 Å². The van der Waals surface area contributed by atoms with E-state index >= 15 is 0 Å². The molecule has 1 rings (SSSR count). The van der Waals surface area contributed by atoms with Crippen LogP contribution >= 0.6 is 0 Å². The highest BCUT2D eigenvalue weighted by atomic mass is 16.6. The van der Waals surface area contributed by atoms with Gasteiger partial charge in [-0.2, -0.15) is 10.1 Å². The van der Waals surface area contributed by atoms with Crippen LogP contribution in [0.1, 0.15) is 72.8 Å². The lowest BCUT2D eigenvalue weighted by molar-refractivity contribution is 0.0425. The largest absolute Gasteiger partial charge is 0.443 e. The average molecular weight is 368 g/mol. The van der Waals surface area contributed by atoms with E-state index in [1.807, 2.05) is 20.8 Å². The van der Waals surface area contributed by atoms with Crippen molar-refractivity contribution >= 4 is 17.9 Å². The number of hydrogen-bond acceptors (Lipinski definition) is 5. The van der Waals surface area contributed by atoms with Gasteiger partial charge in [-0.1, -0.05) is 0 Å². The molecule has 1 aromatic rings. The molecule has 0 fully saturated rings. The lowest BCUT2D eigenvalue weighted by atomic mass is 10.2. The minimum atomic E-state index is -0.751. The van der Waals surface area contributed by atoms with Gasteiger partial charge in [0.2, 0.25) is 0 Å². The molecule has 0 radical (unpaired) electrons. The molecule has 8 nitrogen and oxygen atoms in total. The zero-order chi connectivity index (χ0) is 20.4. The maximum atomic E-state index is 12.7. The minimum absolute atomic E-state index is 0.101. The molecule has 0 unspecified atom stereocenters. The highest BCUT2D eigenvalue weighted by Gasteiger charge is 2.31. The number of hydrazine groups is 1. The fourth-order valence-corrected chi connectivity index (χ4v) is 2.37. The zero-order valence-electron chi connectivity index (χ0n) is 17.6. The van der Waals surface area contributed by atoms with E-state index in [-0.39, 0.29) is 6.04 Å². The van der Waals surface area contributed by atoms with E-state index in [4.69, 9.17) is 9.47 Å². The summed E-state index contributed by atoms with van der Waals surface area (Å²) < 4.78 is 12.5. The number of amides is 2. The van der Waals surface area contributed by atoms with Crippen LogP contribution in [0.5, 0.6) is 0 Å². The van der Waals surface area contributed by atoms with Gasteiger partial charge < -0.3 is 9.47 Å². The summed E-state index contributed by atoms with van der Waals surface area (Å²) in [5.74, 6) is 0. The first kappa shape index (κ1) is 21.8. The van der Waals surface area contributed by atoms with Crippen molar-refractivity contribution in [3.8, 4) is 0 Å². The molecule has 0 spiro atoms. The Labute approximate surface area is 155 Å². The van der Waals surface area contributed by atoms with Gasteiger partial charge in [0.05, 0.1) is 11.4 Å². The number of hydrogen-bond donors (Lipinski definition) is 1. The summed E-state index contributed by atoms with van der Waals surface area (Å²) in [6, 6.07) is 0.101. The summed E-state index contributed by atoms with van der Waals surface area (Å²) in [7, 11) is 0. The lowest BCUT2D eigenvalue weighted by Crippen LogP contribution is -2.50. The van der Waals surface area contributed by atoms with Crippen molar-refractivity contribution in [2.45, 2.75) is 86.5 Å². The minimum Gasteiger partial charge on any atom is -0.443 e. The average Bonchev–Trinajstić information content (AvgIpc) is 2.67. The van der Waals surface area contributed by atoms with Gasteiger partial charge in [-0.05, 0) is 69.2 Å². The first-order chi connectivity index (χ1) is 11.6. The molecule has 1 N–H and O–H groups in total. The third-order valence-electron chi connectivity index (χ3n) is 3.18. The second kappa shape index (κ2) is 7.55. The molecule has 8 heteroatoms. The molecule has 26 heavy (non-hydrogen) atoms. The van der Waals surface area contributed by atoms with Gasteiger partial charge in [0.15, 0.2) is 0 Å². The van der Waals surface area contributed by atoms with Crippen LogP contribution in [0.4, 0.5) is 15.3 Å². The number of carbonyl (C=O) groups is 2. The molecule has 0 saturated carbocycles. The Morgan fingerprint density at radius 2 is 1.54 bits per heavy atom. The summed E-state index contributed by atoms with van der Waals surface area (Å²) in [6.07, 6.45) is -1.46. The van der Waals surface area contributed by atoms with Gasteiger partial charge in [0.1, 0.15) is 16.9 Å². The number of nitrogens with zero attached hydrogens (tertiary/aromatic N) is 3. The first-order valence-corrected chi connectivity index (χ1v) is 8.71. The molecule has 148 valence electrons. The van der Waals surface area contributed by atoms with Crippen LogP contribution in [-0.2, 0) is 9.47 Å². The third kappa shape index (κ3) is 5.93. The summed E-state index contributed by atoms with van der Waals surface area (Å²) in [6.45, 7) is 18.1. The quantitative estimate of drug-likeness (QED) is 0.788. The van der Waals surface area contributed by atoms with Crippen molar-refractivity contribution in [2.75, 3.05) is 5.01 Å². The number of aryl methyl sites for hydroxylation is 1. The molecule has 0 bridgehead atoms. The predicted molar refractivity (Wildman–Crippen MR) is 100 cm³/mol. The smallest absolute Gasteiger partial charge is 0.434 e. The Kier molecular flexibility index (Phi) is 6.33. The van der Waals surface area contributed by atoms with Crippen molar-refractivity contribution in [1.82, 2.24) is 15.2 Å². The predicted octanol–water partition coefficient (Wildman–Crippen LogP) is 4.26. The number of rotatable bonds is 2. The van der Waals surface area contributed by atoms with Gasteiger partial charge in [-0.15, -0.1) is 0 Å². The molecule has 0 atom stereocenters. The van der Waals surface area contributed by atoms with Crippen LogP contribution in [0.2, 0.25) is 0 Å². The van der Waals surface area contributed by atoms with Crippen molar-refractivity contribution in [3.05, 3.63) is 11.4 Å². The van der Waals surface area contributed by atoms with E-state index in [9.17, 15) is 9.59 Å². The van der Waals surface area contributed by atoms with Gasteiger partial charge in [-0.3, -0.25) is 4.68 Å². The molecule has 0 saturated heterocycles. The van der Waals surface area contributed by atoms with Crippen LogP contribution in [0, 0.1) is 13.8 Å². The van der Waals surface area contributed by atoms with Gasteiger partial charge in [0, 0.05) is 6.04 Å². The molecule has 0 aliphatic rings. The molecular weight excluding hydrogens is 336 g/mol. The van der Waals surface area contributed by atoms with E-state index in [1.54, 1.807) is 53.1 Å². The maximum Gasteiger partial charge on any atom is 0.434 e. The molecule has 0 aromatic carbocycles. The van der Waals surface area contributed by atoms with Crippen LogP contribution in [0.25, 0.3) is 0 Å². The Bertz CT molecular complexity index is 666. The molecular formula is C18H32N4O4. The topological polar surface area (TPSA) is 85.7 Å². The van der Waals surface area contributed by atoms with E-state index in [0.29, 0.717) is 11.4 Å². The summed E-state index contributed by atoms with van der Waals surface area (Å²) in [5.41, 5.74) is 2.87.